The van der Waals surface area contributed by atoms with Crippen LogP contribution < -0.4 is 5.32 Å². The summed E-state index contributed by atoms with van der Waals surface area (Å²) < 4.78 is 6.29. The van der Waals surface area contributed by atoms with Crippen molar-refractivity contribution in [3.05, 3.63) is 35.4 Å². The Morgan fingerprint density at radius 3 is 2.55 bits per heavy atom. The lowest BCUT2D eigenvalue weighted by molar-refractivity contribution is -0.0125. The van der Waals surface area contributed by atoms with Crippen LogP contribution >= 0.6 is 0 Å². The van der Waals surface area contributed by atoms with E-state index < -0.39 is 0 Å². The fourth-order valence-electron chi connectivity index (χ4n) is 2.52. The molecule has 0 spiro atoms. The lowest BCUT2D eigenvalue weighted by Gasteiger charge is -2.24. The quantitative estimate of drug-likeness (QED) is 0.672. The molecule has 20 heavy (non-hydrogen) atoms. The van der Waals surface area contributed by atoms with E-state index in [2.05, 4.69) is 64.2 Å². The molecule has 0 radical (unpaired) electrons. The number of hydrogen-bond acceptors (Lipinski definition) is 2. The predicted molar refractivity (Wildman–Crippen MR) is 87.1 cm³/mol. The van der Waals surface area contributed by atoms with Gasteiger partial charge in [0.25, 0.3) is 0 Å². The van der Waals surface area contributed by atoms with E-state index in [4.69, 9.17) is 4.74 Å². The van der Waals surface area contributed by atoms with Crippen molar-refractivity contribution in [3.63, 3.8) is 0 Å². The number of aryl methyl sites for hydroxylation is 1. The first-order valence-electron chi connectivity index (χ1n) is 7.95. The molecule has 1 N–H and O–H groups in total. The summed E-state index contributed by atoms with van der Waals surface area (Å²) in [6.45, 7) is 12.9. The Morgan fingerprint density at radius 1 is 1.20 bits per heavy atom. The minimum absolute atomic E-state index is 0.148. The fraction of sp³-hybridized carbons (Fsp3) is 0.667. The van der Waals surface area contributed by atoms with Crippen molar-refractivity contribution in [2.45, 2.75) is 59.7 Å². The monoisotopic (exact) mass is 277 g/mol. The van der Waals surface area contributed by atoms with Crippen molar-refractivity contribution in [1.29, 1.82) is 0 Å². The zero-order valence-electron chi connectivity index (χ0n) is 13.8. The van der Waals surface area contributed by atoms with Gasteiger partial charge < -0.3 is 10.1 Å². The van der Waals surface area contributed by atoms with E-state index in [1.165, 1.54) is 11.1 Å². The van der Waals surface area contributed by atoms with Crippen LogP contribution in [0.15, 0.2) is 24.3 Å². The smallest absolute Gasteiger partial charge is 0.0952 e. The van der Waals surface area contributed by atoms with Crippen LogP contribution in [0.2, 0.25) is 0 Å². The molecule has 1 rings (SSSR count). The summed E-state index contributed by atoms with van der Waals surface area (Å²) in [5.74, 6) is 0.673. The zero-order valence-corrected chi connectivity index (χ0v) is 13.8. The SMILES string of the molecule is CCCNCC(OC(C)CC(C)C)c1cccc(C)c1. The van der Waals surface area contributed by atoms with Gasteiger partial charge in [-0.15, -0.1) is 0 Å². The summed E-state index contributed by atoms with van der Waals surface area (Å²) >= 11 is 0. The summed E-state index contributed by atoms with van der Waals surface area (Å²) in [5.41, 5.74) is 2.58. The minimum atomic E-state index is 0.148. The molecule has 2 heteroatoms. The second-order valence-electron chi connectivity index (χ2n) is 6.18. The molecule has 2 nitrogen and oxygen atoms in total. The molecule has 0 saturated carbocycles. The molecule has 0 aliphatic rings. The van der Waals surface area contributed by atoms with E-state index in [0.717, 1.165) is 25.9 Å². The van der Waals surface area contributed by atoms with Gasteiger partial charge in [-0.05, 0) is 44.7 Å². The first-order valence-corrected chi connectivity index (χ1v) is 7.95. The molecule has 1 aromatic carbocycles. The highest BCUT2D eigenvalue weighted by Gasteiger charge is 2.16. The summed E-state index contributed by atoms with van der Waals surface area (Å²) in [5, 5.41) is 3.49. The minimum Gasteiger partial charge on any atom is -0.369 e. The maximum absolute atomic E-state index is 6.29. The van der Waals surface area contributed by atoms with Crippen molar-refractivity contribution in [2.24, 2.45) is 5.92 Å². The van der Waals surface area contributed by atoms with Crippen LogP contribution in [0.5, 0.6) is 0 Å². The van der Waals surface area contributed by atoms with Crippen LogP contribution in [0.1, 0.15) is 57.8 Å². The van der Waals surface area contributed by atoms with Crippen molar-refractivity contribution in [1.82, 2.24) is 5.32 Å². The third kappa shape index (κ3) is 6.53. The van der Waals surface area contributed by atoms with E-state index in [1.807, 2.05) is 0 Å². The summed E-state index contributed by atoms with van der Waals surface area (Å²) in [7, 11) is 0. The molecule has 0 aromatic heterocycles. The number of nitrogens with one attached hydrogen (secondary N) is 1. The third-order valence-electron chi connectivity index (χ3n) is 3.37. The van der Waals surface area contributed by atoms with Crippen molar-refractivity contribution in [2.75, 3.05) is 13.1 Å². The molecule has 0 fully saturated rings. The van der Waals surface area contributed by atoms with Crippen LogP contribution in [-0.2, 0) is 4.74 Å². The van der Waals surface area contributed by atoms with E-state index in [0.29, 0.717) is 12.0 Å². The number of hydrogen-bond donors (Lipinski definition) is 1. The molecule has 0 heterocycles. The van der Waals surface area contributed by atoms with Gasteiger partial charge in [0.05, 0.1) is 12.2 Å². The fourth-order valence-corrected chi connectivity index (χ4v) is 2.52. The third-order valence-corrected chi connectivity index (χ3v) is 3.37. The van der Waals surface area contributed by atoms with E-state index in [9.17, 15) is 0 Å². The van der Waals surface area contributed by atoms with Crippen LogP contribution in [0.3, 0.4) is 0 Å². The summed E-state index contributed by atoms with van der Waals surface area (Å²) in [6, 6.07) is 8.67. The molecule has 0 bridgehead atoms. The Labute approximate surface area is 124 Å². The van der Waals surface area contributed by atoms with Gasteiger partial charge in [0, 0.05) is 6.54 Å². The Balaban J connectivity index is 2.69. The van der Waals surface area contributed by atoms with Gasteiger partial charge in [0.2, 0.25) is 0 Å². The largest absolute Gasteiger partial charge is 0.369 e. The van der Waals surface area contributed by atoms with E-state index >= 15 is 0 Å². The molecular formula is C18H31NO. The van der Waals surface area contributed by atoms with Crippen LogP contribution in [-0.4, -0.2) is 19.2 Å². The molecule has 1 aromatic rings. The van der Waals surface area contributed by atoms with Crippen molar-refractivity contribution >= 4 is 0 Å². The zero-order chi connectivity index (χ0) is 15.0. The first kappa shape index (κ1) is 17.2. The summed E-state index contributed by atoms with van der Waals surface area (Å²) in [6.07, 6.45) is 2.71. The predicted octanol–water partition coefficient (Wildman–Crippen LogP) is 4.49. The van der Waals surface area contributed by atoms with Crippen LogP contribution in [0.25, 0.3) is 0 Å². The van der Waals surface area contributed by atoms with E-state index in [-0.39, 0.29) is 6.10 Å². The Hall–Kier alpha value is -0.860. The number of ether oxygens (including phenoxy) is 1. The van der Waals surface area contributed by atoms with Crippen molar-refractivity contribution < 1.29 is 4.74 Å². The van der Waals surface area contributed by atoms with Gasteiger partial charge in [-0.25, -0.2) is 0 Å². The molecule has 0 amide bonds. The molecule has 0 saturated heterocycles. The molecular weight excluding hydrogens is 246 g/mol. The average Bonchev–Trinajstić information content (AvgIpc) is 2.37. The molecule has 0 aliphatic heterocycles. The number of benzene rings is 1. The average molecular weight is 277 g/mol. The second-order valence-corrected chi connectivity index (χ2v) is 6.18. The van der Waals surface area contributed by atoms with E-state index in [1.54, 1.807) is 0 Å². The second kappa shape index (κ2) is 9.15. The highest BCUT2D eigenvalue weighted by molar-refractivity contribution is 5.24. The normalized spacial score (nSPS) is 14.5. The lowest BCUT2D eigenvalue weighted by atomic mass is 10.0. The Bertz CT molecular complexity index is 375. The van der Waals surface area contributed by atoms with Gasteiger partial charge in [-0.3, -0.25) is 0 Å². The maximum atomic E-state index is 6.29. The maximum Gasteiger partial charge on any atom is 0.0952 e. The Morgan fingerprint density at radius 2 is 1.95 bits per heavy atom. The van der Waals surface area contributed by atoms with Gasteiger partial charge in [0.1, 0.15) is 0 Å². The molecule has 2 atom stereocenters. The first-order chi connectivity index (χ1) is 9.52. The van der Waals surface area contributed by atoms with Crippen molar-refractivity contribution in [3.8, 4) is 0 Å². The van der Waals surface area contributed by atoms with Gasteiger partial charge in [0.15, 0.2) is 0 Å². The van der Waals surface area contributed by atoms with Crippen LogP contribution in [0.4, 0.5) is 0 Å². The highest BCUT2D eigenvalue weighted by Crippen LogP contribution is 2.22. The highest BCUT2D eigenvalue weighted by atomic mass is 16.5. The molecule has 2 unspecified atom stereocenters. The lowest BCUT2D eigenvalue weighted by Crippen LogP contribution is -2.27. The van der Waals surface area contributed by atoms with Gasteiger partial charge in [-0.2, -0.15) is 0 Å². The van der Waals surface area contributed by atoms with Crippen LogP contribution in [0, 0.1) is 12.8 Å². The standard InChI is InChI=1S/C18H31NO/c1-6-10-19-13-18(20-16(5)11-14(2)3)17-9-7-8-15(4)12-17/h7-9,12,14,16,18-19H,6,10-11,13H2,1-5H3. The molecule has 0 aliphatic carbocycles. The van der Waals surface area contributed by atoms with Gasteiger partial charge in [-0.1, -0.05) is 50.6 Å². The summed E-state index contributed by atoms with van der Waals surface area (Å²) in [4.78, 5) is 0. The van der Waals surface area contributed by atoms with Gasteiger partial charge >= 0.3 is 0 Å². The molecule has 114 valence electrons. The number of rotatable bonds is 9. The Kier molecular flexibility index (Phi) is 7.86. The topological polar surface area (TPSA) is 21.3 Å².